The Hall–Kier alpha value is -3.32. The first-order valence-corrected chi connectivity index (χ1v) is 9.73. The Morgan fingerprint density at radius 2 is 1.59 bits per heavy atom. The second kappa shape index (κ2) is 8.36. The topological polar surface area (TPSA) is 77.2 Å². The lowest BCUT2D eigenvalue weighted by molar-refractivity contribution is 0.258. The molecule has 29 heavy (non-hydrogen) atoms. The Bertz CT molecular complexity index is 1220. The number of H-pyrrole nitrogens is 1. The van der Waals surface area contributed by atoms with Crippen molar-refractivity contribution in [1.29, 1.82) is 0 Å². The van der Waals surface area contributed by atoms with Crippen molar-refractivity contribution in [3.8, 4) is 16.9 Å². The second-order valence-corrected chi connectivity index (χ2v) is 7.40. The number of hydrogen-bond acceptors (Lipinski definition) is 4. The first-order chi connectivity index (χ1) is 14.1. The average Bonchev–Trinajstić information content (AvgIpc) is 3.04. The minimum absolute atomic E-state index is 0.195. The van der Waals surface area contributed by atoms with Gasteiger partial charge < -0.3 is 9.26 Å². The molecule has 0 aliphatic carbocycles. The SMILES string of the molecule is O=c1[nH]c(=O)n(Cc2ccc(-c3ccc(OCc4cccc(Br)c4)cc3)cc2)o1. The number of benzene rings is 3. The summed E-state index contributed by atoms with van der Waals surface area (Å²) >= 11 is 3.46. The maximum atomic E-state index is 11.5. The highest BCUT2D eigenvalue weighted by Crippen LogP contribution is 2.24. The van der Waals surface area contributed by atoms with Crippen LogP contribution in [0.1, 0.15) is 11.1 Å². The third-order valence-electron chi connectivity index (χ3n) is 4.39. The molecular weight excluding hydrogens is 436 g/mol. The van der Waals surface area contributed by atoms with Crippen LogP contribution < -0.4 is 16.2 Å². The maximum Gasteiger partial charge on any atom is 0.440 e. The van der Waals surface area contributed by atoms with E-state index in [2.05, 4.69) is 20.9 Å². The summed E-state index contributed by atoms with van der Waals surface area (Å²) in [5.41, 5.74) is 3.48. The van der Waals surface area contributed by atoms with Gasteiger partial charge in [0.05, 0.1) is 6.54 Å². The van der Waals surface area contributed by atoms with Gasteiger partial charge in [-0.05, 0) is 46.5 Å². The summed E-state index contributed by atoms with van der Waals surface area (Å²) in [5.74, 6) is 0.0426. The normalized spacial score (nSPS) is 10.8. The van der Waals surface area contributed by atoms with Gasteiger partial charge >= 0.3 is 11.4 Å². The summed E-state index contributed by atoms with van der Waals surface area (Å²) < 4.78 is 12.7. The summed E-state index contributed by atoms with van der Waals surface area (Å²) in [6, 6.07) is 23.6. The Morgan fingerprint density at radius 3 is 2.21 bits per heavy atom. The van der Waals surface area contributed by atoms with E-state index in [1.54, 1.807) is 0 Å². The number of aromatic nitrogens is 2. The lowest BCUT2D eigenvalue weighted by Gasteiger charge is -2.08. The summed E-state index contributed by atoms with van der Waals surface area (Å²) in [4.78, 5) is 24.6. The van der Waals surface area contributed by atoms with Crippen molar-refractivity contribution in [3.63, 3.8) is 0 Å². The van der Waals surface area contributed by atoms with Crippen LogP contribution in [-0.4, -0.2) is 9.72 Å². The van der Waals surface area contributed by atoms with Gasteiger partial charge in [-0.25, -0.2) is 14.6 Å². The predicted octanol–water partition coefficient (Wildman–Crippen LogP) is 4.19. The highest BCUT2D eigenvalue weighted by molar-refractivity contribution is 9.10. The van der Waals surface area contributed by atoms with Crippen LogP contribution in [0, 0.1) is 0 Å². The standard InChI is InChI=1S/C22H17BrN2O4/c23-19-3-1-2-16(12-19)14-28-20-10-8-18(9-11-20)17-6-4-15(5-7-17)13-25-21(26)24-22(27)29-25/h1-12H,13-14H2,(H,24,26,27). The highest BCUT2D eigenvalue weighted by Gasteiger charge is 2.05. The molecule has 0 bridgehead atoms. The van der Waals surface area contributed by atoms with Crippen molar-refractivity contribution in [3.05, 3.63) is 109 Å². The molecule has 4 rings (SSSR count). The van der Waals surface area contributed by atoms with Gasteiger partial charge in [0.2, 0.25) is 0 Å². The predicted molar refractivity (Wildman–Crippen MR) is 113 cm³/mol. The van der Waals surface area contributed by atoms with E-state index in [1.165, 1.54) is 0 Å². The van der Waals surface area contributed by atoms with E-state index < -0.39 is 11.4 Å². The molecular formula is C22H17BrN2O4. The van der Waals surface area contributed by atoms with Crippen molar-refractivity contribution < 1.29 is 9.26 Å². The van der Waals surface area contributed by atoms with Gasteiger partial charge in [-0.2, -0.15) is 0 Å². The molecule has 1 N–H and O–H groups in total. The van der Waals surface area contributed by atoms with Gasteiger partial charge in [-0.1, -0.05) is 64.5 Å². The molecule has 0 aliphatic rings. The third-order valence-corrected chi connectivity index (χ3v) is 4.88. The van der Waals surface area contributed by atoms with Crippen molar-refractivity contribution in [2.24, 2.45) is 0 Å². The van der Waals surface area contributed by atoms with Crippen molar-refractivity contribution in [1.82, 2.24) is 9.72 Å². The molecule has 1 heterocycles. The molecule has 0 spiro atoms. The molecule has 0 radical (unpaired) electrons. The fourth-order valence-electron chi connectivity index (χ4n) is 2.92. The van der Waals surface area contributed by atoms with Gasteiger partial charge in [0, 0.05) is 4.47 Å². The Balaban J connectivity index is 1.41. The van der Waals surface area contributed by atoms with Gasteiger partial charge in [0.15, 0.2) is 0 Å². The van der Waals surface area contributed by atoms with Crippen LogP contribution in [0.5, 0.6) is 5.75 Å². The van der Waals surface area contributed by atoms with E-state index in [9.17, 15) is 9.59 Å². The molecule has 0 saturated heterocycles. The molecule has 1 aromatic heterocycles. The summed E-state index contributed by atoms with van der Waals surface area (Å²) in [6.07, 6.45) is 0. The number of aromatic amines is 1. The first kappa shape index (κ1) is 19.0. The van der Waals surface area contributed by atoms with E-state index in [4.69, 9.17) is 9.26 Å². The summed E-state index contributed by atoms with van der Waals surface area (Å²) in [7, 11) is 0. The Labute approximate surface area is 174 Å². The van der Waals surface area contributed by atoms with Crippen molar-refractivity contribution in [2.45, 2.75) is 13.2 Å². The quantitative estimate of drug-likeness (QED) is 0.475. The van der Waals surface area contributed by atoms with Crippen LogP contribution in [0.25, 0.3) is 11.1 Å². The molecule has 0 atom stereocenters. The smallest absolute Gasteiger partial charge is 0.440 e. The minimum atomic E-state index is -0.756. The van der Waals surface area contributed by atoms with Crippen LogP contribution in [0.4, 0.5) is 0 Å². The molecule has 4 aromatic rings. The average molecular weight is 453 g/mol. The van der Waals surface area contributed by atoms with Crippen LogP contribution in [0.15, 0.2) is 91.4 Å². The number of nitrogens with one attached hydrogen (secondary N) is 1. The molecule has 0 fully saturated rings. The lowest BCUT2D eigenvalue weighted by Crippen LogP contribution is -2.17. The molecule has 0 saturated carbocycles. The molecule has 0 unspecified atom stereocenters. The fourth-order valence-corrected chi connectivity index (χ4v) is 3.37. The van der Waals surface area contributed by atoms with E-state index in [0.29, 0.717) is 6.61 Å². The lowest BCUT2D eigenvalue weighted by atomic mass is 10.0. The van der Waals surface area contributed by atoms with Crippen LogP contribution >= 0.6 is 15.9 Å². The number of ether oxygens (including phenoxy) is 1. The van der Waals surface area contributed by atoms with Crippen LogP contribution in [0.3, 0.4) is 0 Å². The Kier molecular flexibility index (Phi) is 5.48. The van der Waals surface area contributed by atoms with Gasteiger partial charge in [-0.3, -0.25) is 0 Å². The minimum Gasteiger partial charge on any atom is -0.489 e. The summed E-state index contributed by atoms with van der Waals surface area (Å²) in [5, 5.41) is 0. The number of nitrogens with zero attached hydrogens (tertiary/aromatic N) is 1. The highest BCUT2D eigenvalue weighted by atomic mass is 79.9. The first-order valence-electron chi connectivity index (χ1n) is 8.94. The van der Waals surface area contributed by atoms with Crippen LogP contribution in [0.2, 0.25) is 0 Å². The number of halogens is 1. The molecule has 0 amide bonds. The molecule has 3 aromatic carbocycles. The number of rotatable bonds is 6. The third kappa shape index (κ3) is 4.75. The van der Waals surface area contributed by atoms with E-state index in [0.717, 1.165) is 37.2 Å². The zero-order valence-electron chi connectivity index (χ0n) is 15.3. The second-order valence-electron chi connectivity index (χ2n) is 6.49. The van der Waals surface area contributed by atoms with Gasteiger partial charge in [0.25, 0.3) is 0 Å². The molecule has 7 heteroatoms. The molecule has 0 aliphatic heterocycles. The van der Waals surface area contributed by atoms with Crippen molar-refractivity contribution >= 4 is 15.9 Å². The van der Waals surface area contributed by atoms with E-state index >= 15 is 0 Å². The molecule has 6 nitrogen and oxygen atoms in total. The van der Waals surface area contributed by atoms with Crippen LogP contribution in [-0.2, 0) is 13.2 Å². The van der Waals surface area contributed by atoms with Gasteiger partial charge in [-0.15, -0.1) is 4.74 Å². The molecule has 146 valence electrons. The Morgan fingerprint density at radius 1 is 0.897 bits per heavy atom. The largest absolute Gasteiger partial charge is 0.489 e. The fraction of sp³-hybridized carbons (Fsp3) is 0.0909. The van der Waals surface area contributed by atoms with Crippen molar-refractivity contribution in [2.75, 3.05) is 0 Å². The monoisotopic (exact) mass is 452 g/mol. The number of hydrogen-bond donors (Lipinski definition) is 1. The summed E-state index contributed by atoms with van der Waals surface area (Å²) in [6.45, 7) is 0.697. The van der Waals surface area contributed by atoms with E-state index in [-0.39, 0.29) is 6.54 Å². The zero-order chi connectivity index (χ0) is 20.2. The van der Waals surface area contributed by atoms with E-state index in [1.807, 2.05) is 72.8 Å². The van der Waals surface area contributed by atoms with Gasteiger partial charge in [0.1, 0.15) is 12.4 Å². The zero-order valence-corrected chi connectivity index (χ0v) is 16.9. The maximum absolute atomic E-state index is 11.5.